The molecule has 0 heterocycles. The molecule has 0 aliphatic heterocycles. The van der Waals surface area contributed by atoms with E-state index < -0.39 is 18.2 Å². The third-order valence-electron chi connectivity index (χ3n) is 3.12. The Kier molecular flexibility index (Phi) is 3.73. The number of carbonyl (C=O) groups is 1. The first-order valence-corrected chi connectivity index (χ1v) is 5.40. The molecule has 0 aromatic rings. The number of hydrogen-bond donors (Lipinski definition) is 0. The third-order valence-corrected chi connectivity index (χ3v) is 3.12. The molecule has 0 N–H and O–H groups in total. The second kappa shape index (κ2) is 4.49. The Morgan fingerprint density at radius 1 is 1.33 bits per heavy atom. The van der Waals surface area contributed by atoms with Crippen LogP contribution in [0.1, 0.15) is 27.7 Å². The molecule has 4 heteroatoms. The Balaban J connectivity index is 2.65. The summed E-state index contributed by atoms with van der Waals surface area (Å²) in [5, 5.41) is 10.9. The van der Waals surface area contributed by atoms with Gasteiger partial charge in [0.05, 0.1) is 0 Å². The van der Waals surface area contributed by atoms with Gasteiger partial charge in [-0.2, -0.15) is 0 Å². The van der Waals surface area contributed by atoms with Gasteiger partial charge in [-0.05, 0) is 19.3 Å². The van der Waals surface area contributed by atoms with E-state index in [1.54, 1.807) is 0 Å². The summed E-state index contributed by atoms with van der Waals surface area (Å²) in [6.45, 7) is 8.60. The number of carboxylic acids is 1. The molecule has 0 aromatic heterocycles. The number of carboxylic acid groups (broad SMARTS) is 1. The molecule has 4 nitrogen and oxygen atoms in total. The summed E-state index contributed by atoms with van der Waals surface area (Å²) in [7, 11) is 0. The molecular formula is C11H19O4-. The molecule has 2 unspecified atom stereocenters. The lowest BCUT2D eigenvalue weighted by Gasteiger charge is -2.18. The van der Waals surface area contributed by atoms with Gasteiger partial charge in [-0.3, -0.25) is 0 Å². The lowest BCUT2D eigenvalue weighted by Crippen LogP contribution is -2.29. The fourth-order valence-corrected chi connectivity index (χ4v) is 2.22. The predicted octanol–water partition coefficient (Wildman–Crippen LogP) is 0.408. The van der Waals surface area contributed by atoms with Crippen molar-refractivity contribution in [2.75, 3.05) is 13.2 Å². The van der Waals surface area contributed by atoms with E-state index in [1.807, 2.05) is 27.7 Å². The Labute approximate surface area is 90.6 Å². The summed E-state index contributed by atoms with van der Waals surface area (Å²) in [4.78, 5) is 10.9. The van der Waals surface area contributed by atoms with Gasteiger partial charge >= 0.3 is 0 Å². The molecule has 88 valence electrons. The molecular weight excluding hydrogens is 196 g/mol. The summed E-state index contributed by atoms with van der Waals surface area (Å²) in [6, 6.07) is 0. The van der Waals surface area contributed by atoms with E-state index in [0.717, 1.165) is 0 Å². The van der Waals surface area contributed by atoms with Crippen molar-refractivity contribution in [2.45, 2.75) is 34.0 Å². The van der Waals surface area contributed by atoms with Crippen LogP contribution < -0.4 is 5.11 Å². The van der Waals surface area contributed by atoms with E-state index in [4.69, 9.17) is 9.47 Å². The van der Waals surface area contributed by atoms with E-state index in [0.29, 0.717) is 13.2 Å². The maximum atomic E-state index is 10.9. The van der Waals surface area contributed by atoms with E-state index in [2.05, 4.69) is 0 Å². The van der Waals surface area contributed by atoms with Gasteiger partial charge in [-0.1, -0.05) is 13.8 Å². The minimum Gasteiger partial charge on any atom is -0.550 e. The maximum absolute atomic E-state index is 10.9. The number of carbonyl (C=O) groups excluding carboxylic acids is 1. The van der Waals surface area contributed by atoms with Crippen LogP contribution in [0.3, 0.4) is 0 Å². The number of ether oxygens (including phenoxy) is 2. The van der Waals surface area contributed by atoms with Gasteiger partial charge in [-0.15, -0.1) is 0 Å². The van der Waals surface area contributed by atoms with Crippen molar-refractivity contribution < 1.29 is 19.4 Å². The average Bonchev–Trinajstić information content (AvgIpc) is 2.68. The highest BCUT2D eigenvalue weighted by atomic mass is 16.7. The summed E-state index contributed by atoms with van der Waals surface area (Å²) < 4.78 is 10.8. The zero-order valence-electron chi connectivity index (χ0n) is 9.78. The smallest absolute Gasteiger partial charge is 0.161 e. The highest BCUT2D eigenvalue weighted by Crippen LogP contribution is 2.60. The molecule has 0 radical (unpaired) electrons. The molecule has 0 saturated heterocycles. The molecule has 1 rings (SSSR count). The number of hydrogen-bond acceptors (Lipinski definition) is 4. The van der Waals surface area contributed by atoms with Gasteiger partial charge < -0.3 is 19.4 Å². The Hall–Kier alpha value is -0.610. The van der Waals surface area contributed by atoms with Crippen molar-refractivity contribution in [1.82, 2.24) is 0 Å². The van der Waals surface area contributed by atoms with Crippen molar-refractivity contribution in [2.24, 2.45) is 17.3 Å². The molecule has 15 heavy (non-hydrogen) atoms. The van der Waals surface area contributed by atoms with Crippen LogP contribution in [0.2, 0.25) is 0 Å². The largest absolute Gasteiger partial charge is 0.550 e. The lowest BCUT2D eigenvalue weighted by molar-refractivity contribution is -0.309. The van der Waals surface area contributed by atoms with Gasteiger partial charge in [0.25, 0.3) is 0 Å². The van der Waals surface area contributed by atoms with Crippen LogP contribution in [-0.2, 0) is 14.3 Å². The molecule has 2 atom stereocenters. The van der Waals surface area contributed by atoms with Crippen molar-refractivity contribution >= 4 is 5.97 Å². The van der Waals surface area contributed by atoms with Crippen LogP contribution >= 0.6 is 0 Å². The van der Waals surface area contributed by atoms with Gasteiger partial charge in [0, 0.05) is 31.0 Å². The van der Waals surface area contributed by atoms with Crippen molar-refractivity contribution in [1.29, 1.82) is 0 Å². The quantitative estimate of drug-likeness (QED) is 0.602. The first kappa shape index (κ1) is 12.5. The summed E-state index contributed by atoms with van der Waals surface area (Å²) in [6.07, 6.45) is -0.419. The van der Waals surface area contributed by atoms with E-state index >= 15 is 0 Å². The molecule has 0 spiro atoms. The lowest BCUT2D eigenvalue weighted by atomic mass is 10.1. The number of rotatable bonds is 6. The Bertz CT molecular complexity index is 231. The third kappa shape index (κ3) is 2.32. The fourth-order valence-electron chi connectivity index (χ4n) is 2.22. The normalized spacial score (nSPS) is 28.1. The zero-order valence-corrected chi connectivity index (χ0v) is 9.78. The number of aliphatic carboxylic acids is 1. The maximum Gasteiger partial charge on any atom is 0.161 e. The van der Waals surface area contributed by atoms with Crippen molar-refractivity contribution in [3.05, 3.63) is 0 Å². The molecule has 1 aliphatic rings. The summed E-state index contributed by atoms with van der Waals surface area (Å²) in [5.74, 6) is -1.56. The SMILES string of the molecule is CCOC(OCC)C1C(C(=O)[O-])C1(C)C. The fraction of sp³-hybridized carbons (Fsp3) is 0.909. The predicted molar refractivity (Wildman–Crippen MR) is 52.8 cm³/mol. The van der Waals surface area contributed by atoms with Gasteiger partial charge in [0.2, 0.25) is 0 Å². The average molecular weight is 215 g/mol. The van der Waals surface area contributed by atoms with Crippen LogP contribution in [0.15, 0.2) is 0 Å². The second-order valence-electron chi connectivity index (χ2n) is 4.42. The Morgan fingerprint density at radius 2 is 1.80 bits per heavy atom. The van der Waals surface area contributed by atoms with Gasteiger partial charge in [0.15, 0.2) is 6.29 Å². The molecule has 1 aliphatic carbocycles. The van der Waals surface area contributed by atoms with Crippen LogP contribution in [0.5, 0.6) is 0 Å². The highest BCUT2D eigenvalue weighted by molar-refractivity contribution is 5.73. The summed E-state index contributed by atoms with van der Waals surface area (Å²) >= 11 is 0. The van der Waals surface area contributed by atoms with Crippen molar-refractivity contribution in [3.8, 4) is 0 Å². The summed E-state index contributed by atoms with van der Waals surface area (Å²) in [5.41, 5.74) is -0.284. The Morgan fingerprint density at radius 3 is 2.07 bits per heavy atom. The first-order valence-electron chi connectivity index (χ1n) is 5.40. The van der Waals surface area contributed by atoms with Crippen LogP contribution in [0.25, 0.3) is 0 Å². The molecule has 0 aromatic carbocycles. The molecule has 0 amide bonds. The molecule has 0 bridgehead atoms. The molecule has 1 fully saturated rings. The van der Waals surface area contributed by atoms with Gasteiger partial charge in [0.1, 0.15) is 0 Å². The van der Waals surface area contributed by atoms with E-state index in [1.165, 1.54) is 0 Å². The van der Waals surface area contributed by atoms with Crippen LogP contribution in [0, 0.1) is 17.3 Å². The minimum absolute atomic E-state index is 0.0950. The van der Waals surface area contributed by atoms with Crippen LogP contribution in [0.4, 0.5) is 0 Å². The second-order valence-corrected chi connectivity index (χ2v) is 4.42. The highest BCUT2D eigenvalue weighted by Gasteiger charge is 2.62. The standard InChI is InChI=1S/C11H20O4/c1-5-14-10(15-6-2)8-7(9(12)13)11(8,3)4/h7-8,10H,5-6H2,1-4H3,(H,12,13)/p-1. The van der Waals surface area contributed by atoms with Crippen molar-refractivity contribution in [3.63, 3.8) is 0 Å². The minimum atomic E-state index is -1.01. The van der Waals surface area contributed by atoms with Crippen LogP contribution in [-0.4, -0.2) is 25.5 Å². The monoisotopic (exact) mass is 215 g/mol. The first-order chi connectivity index (χ1) is 6.96. The topological polar surface area (TPSA) is 58.6 Å². The van der Waals surface area contributed by atoms with E-state index in [-0.39, 0.29) is 11.3 Å². The molecule has 1 saturated carbocycles. The zero-order chi connectivity index (χ0) is 11.6. The van der Waals surface area contributed by atoms with Gasteiger partial charge in [-0.25, -0.2) is 0 Å². The van der Waals surface area contributed by atoms with E-state index in [9.17, 15) is 9.90 Å².